The number of hydroxylamine groups is 2. The van der Waals surface area contributed by atoms with E-state index in [1.807, 2.05) is 0 Å². The van der Waals surface area contributed by atoms with E-state index in [9.17, 15) is 19.7 Å². The van der Waals surface area contributed by atoms with Crippen LogP contribution in [0.5, 0.6) is 5.75 Å². The van der Waals surface area contributed by atoms with Crippen molar-refractivity contribution in [3.05, 3.63) is 63.7 Å². The molecule has 0 saturated heterocycles. The number of imide groups is 1. The van der Waals surface area contributed by atoms with E-state index >= 15 is 0 Å². The summed E-state index contributed by atoms with van der Waals surface area (Å²) in [5, 5.41) is 11.6. The number of nitro benzene ring substituents is 1. The van der Waals surface area contributed by atoms with Gasteiger partial charge in [-0.2, -0.15) is 0 Å². The van der Waals surface area contributed by atoms with E-state index in [4.69, 9.17) is 15.3 Å². The number of hydrogen-bond donors (Lipinski definition) is 1. The van der Waals surface area contributed by atoms with Gasteiger partial charge >= 0.3 is 0 Å². The van der Waals surface area contributed by atoms with E-state index in [2.05, 4.69) is 0 Å². The van der Waals surface area contributed by atoms with Crippen molar-refractivity contribution in [2.24, 2.45) is 0 Å². The number of nitrogens with zero attached hydrogens (tertiary/aromatic N) is 2. The Hall–Kier alpha value is -3.46. The predicted molar refractivity (Wildman–Crippen MR) is 95.1 cm³/mol. The van der Waals surface area contributed by atoms with Crippen molar-refractivity contribution in [1.29, 1.82) is 0 Å². The molecule has 9 heteroatoms. The summed E-state index contributed by atoms with van der Waals surface area (Å²) in [5.74, 6) is -0.598. The Bertz CT molecular complexity index is 863. The molecule has 9 nitrogen and oxygen atoms in total. The summed E-state index contributed by atoms with van der Waals surface area (Å²) in [6.45, 7) is 0.462. The highest BCUT2D eigenvalue weighted by molar-refractivity contribution is 6.20. The minimum Gasteiger partial charge on any atom is -0.493 e. The highest BCUT2D eigenvalue weighted by Crippen LogP contribution is 2.26. The van der Waals surface area contributed by atoms with Gasteiger partial charge in [-0.1, -0.05) is 12.1 Å². The maximum atomic E-state index is 12.1. The number of amides is 2. The summed E-state index contributed by atoms with van der Waals surface area (Å²) < 4.78 is 5.45. The molecule has 1 aliphatic heterocycles. The average Bonchev–Trinajstić information content (AvgIpc) is 2.90. The maximum absolute atomic E-state index is 12.1. The topological polar surface area (TPSA) is 125 Å². The molecule has 2 aromatic carbocycles. The molecule has 0 spiro atoms. The van der Waals surface area contributed by atoms with E-state index in [0.717, 1.165) is 5.06 Å². The fraction of sp³-hybridized carbons (Fsp3) is 0.222. The fourth-order valence-electron chi connectivity index (χ4n) is 2.61. The van der Waals surface area contributed by atoms with Crippen molar-refractivity contribution in [2.45, 2.75) is 12.8 Å². The molecule has 2 aromatic rings. The third kappa shape index (κ3) is 3.87. The lowest BCUT2D eigenvalue weighted by molar-refractivity contribution is -0.384. The van der Waals surface area contributed by atoms with Crippen LogP contribution in [0.3, 0.4) is 0 Å². The fourth-order valence-corrected chi connectivity index (χ4v) is 2.61. The second kappa shape index (κ2) is 7.83. The number of nitro groups is 1. The highest BCUT2D eigenvalue weighted by Gasteiger charge is 2.36. The first kappa shape index (κ1) is 18.3. The van der Waals surface area contributed by atoms with Crippen LogP contribution >= 0.6 is 0 Å². The van der Waals surface area contributed by atoms with Crippen molar-refractivity contribution in [3.8, 4) is 5.75 Å². The minimum absolute atomic E-state index is 0.0710. The van der Waals surface area contributed by atoms with E-state index in [0.29, 0.717) is 36.3 Å². The average molecular weight is 371 g/mol. The first-order valence-corrected chi connectivity index (χ1v) is 8.26. The zero-order valence-corrected chi connectivity index (χ0v) is 14.3. The van der Waals surface area contributed by atoms with Crippen LogP contribution < -0.4 is 10.5 Å². The van der Waals surface area contributed by atoms with Gasteiger partial charge < -0.3 is 10.5 Å². The summed E-state index contributed by atoms with van der Waals surface area (Å²) in [4.78, 5) is 39.8. The molecule has 0 saturated carbocycles. The summed E-state index contributed by atoms with van der Waals surface area (Å²) in [6, 6.07) is 10.8. The van der Waals surface area contributed by atoms with Crippen LogP contribution in [-0.2, 0) is 4.84 Å². The Morgan fingerprint density at radius 2 is 1.63 bits per heavy atom. The van der Waals surface area contributed by atoms with E-state index in [1.54, 1.807) is 30.3 Å². The number of fused-ring (bicyclic) bond motifs is 1. The number of unbranched alkanes of at least 4 members (excludes halogenated alkanes) is 1. The molecule has 3 rings (SSSR count). The molecule has 0 fully saturated rings. The maximum Gasteiger partial charge on any atom is 0.295 e. The smallest absolute Gasteiger partial charge is 0.295 e. The summed E-state index contributed by atoms with van der Waals surface area (Å²) in [5.41, 5.74) is 6.05. The lowest BCUT2D eigenvalue weighted by atomic mass is 10.1. The van der Waals surface area contributed by atoms with Crippen molar-refractivity contribution in [2.75, 3.05) is 18.9 Å². The molecule has 0 aliphatic carbocycles. The first-order chi connectivity index (χ1) is 13.0. The molecule has 0 atom stereocenters. The van der Waals surface area contributed by atoms with Crippen molar-refractivity contribution in [1.82, 2.24) is 5.06 Å². The largest absolute Gasteiger partial charge is 0.493 e. The van der Waals surface area contributed by atoms with Gasteiger partial charge in [-0.25, -0.2) is 0 Å². The number of carbonyl (C=O) groups excluding carboxylic acids is 2. The Morgan fingerprint density at radius 3 is 2.26 bits per heavy atom. The lowest BCUT2D eigenvalue weighted by Crippen LogP contribution is -2.30. The third-order valence-electron chi connectivity index (χ3n) is 3.98. The number of nitrogens with two attached hydrogens (primary N) is 1. The zero-order valence-electron chi connectivity index (χ0n) is 14.3. The van der Waals surface area contributed by atoms with Crippen LogP contribution in [-0.4, -0.2) is 35.0 Å². The zero-order chi connectivity index (χ0) is 19.4. The van der Waals surface area contributed by atoms with Crippen LogP contribution in [0, 0.1) is 10.1 Å². The number of nitrogen functional groups attached to an aromatic ring is 1. The Morgan fingerprint density at radius 1 is 1.00 bits per heavy atom. The van der Waals surface area contributed by atoms with Crippen molar-refractivity contribution in [3.63, 3.8) is 0 Å². The van der Waals surface area contributed by atoms with Crippen LogP contribution in [0.2, 0.25) is 0 Å². The second-order valence-electron chi connectivity index (χ2n) is 5.82. The van der Waals surface area contributed by atoms with Gasteiger partial charge in [-0.15, -0.1) is 5.06 Å². The Labute approximate surface area is 154 Å². The molecule has 0 bridgehead atoms. The van der Waals surface area contributed by atoms with Gasteiger partial charge in [-0.05, 0) is 37.1 Å². The van der Waals surface area contributed by atoms with Gasteiger partial charge in [0.2, 0.25) is 0 Å². The second-order valence-corrected chi connectivity index (χ2v) is 5.82. The SMILES string of the molecule is Nc1ccc(OCCCCON2C(=O)c3ccccc3C2=O)cc1[N+](=O)[O-]. The van der Waals surface area contributed by atoms with E-state index < -0.39 is 16.7 Å². The van der Waals surface area contributed by atoms with E-state index in [1.165, 1.54) is 12.1 Å². The molecule has 0 radical (unpaired) electrons. The van der Waals surface area contributed by atoms with Crippen LogP contribution in [0.25, 0.3) is 0 Å². The van der Waals surface area contributed by atoms with Gasteiger partial charge in [0.25, 0.3) is 17.5 Å². The summed E-state index contributed by atoms with van der Waals surface area (Å²) in [7, 11) is 0. The van der Waals surface area contributed by atoms with Crippen LogP contribution in [0.15, 0.2) is 42.5 Å². The number of anilines is 1. The number of carbonyl (C=O) groups is 2. The summed E-state index contributed by atoms with van der Waals surface area (Å²) >= 11 is 0. The molecular weight excluding hydrogens is 354 g/mol. The van der Waals surface area contributed by atoms with Gasteiger partial charge in [0, 0.05) is 0 Å². The van der Waals surface area contributed by atoms with Gasteiger partial charge in [0.15, 0.2) is 0 Å². The number of benzene rings is 2. The quantitative estimate of drug-likeness (QED) is 0.248. The predicted octanol–water partition coefficient (Wildman–Crippen LogP) is 2.56. The molecule has 0 aromatic heterocycles. The van der Waals surface area contributed by atoms with Gasteiger partial charge in [0.05, 0.1) is 35.3 Å². The standard InChI is InChI=1S/C18H17N3O6/c19-15-8-7-12(11-16(15)21(24)25)26-9-3-4-10-27-20-17(22)13-5-1-2-6-14(13)18(20)23/h1-2,5-8,11H,3-4,9-10,19H2. The molecule has 1 heterocycles. The molecule has 1 aliphatic rings. The molecular formula is C18H17N3O6. The van der Waals surface area contributed by atoms with Gasteiger partial charge in [0.1, 0.15) is 11.4 Å². The third-order valence-corrected chi connectivity index (χ3v) is 3.98. The molecule has 140 valence electrons. The minimum atomic E-state index is -0.571. The van der Waals surface area contributed by atoms with Crippen LogP contribution in [0.1, 0.15) is 33.6 Å². The molecule has 27 heavy (non-hydrogen) atoms. The summed E-state index contributed by atoms with van der Waals surface area (Å²) in [6.07, 6.45) is 1.10. The van der Waals surface area contributed by atoms with Gasteiger partial charge in [-0.3, -0.25) is 24.5 Å². The Kier molecular flexibility index (Phi) is 5.32. The molecule has 2 N–H and O–H groups in total. The first-order valence-electron chi connectivity index (χ1n) is 8.26. The van der Waals surface area contributed by atoms with Crippen LogP contribution in [0.4, 0.5) is 11.4 Å². The highest BCUT2D eigenvalue weighted by atomic mass is 16.7. The normalized spacial score (nSPS) is 13.0. The molecule has 0 unspecified atom stereocenters. The Balaban J connectivity index is 1.42. The van der Waals surface area contributed by atoms with E-state index in [-0.39, 0.29) is 18.0 Å². The lowest BCUT2D eigenvalue weighted by Gasteiger charge is -2.13. The van der Waals surface area contributed by atoms with Crippen molar-refractivity contribution < 1.29 is 24.1 Å². The number of ether oxygens (including phenoxy) is 1. The number of hydrogen-bond acceptors (Lipinski definition) is 7. The number of rotatable bonds is 8. The monoisotopic (exact) mass is 371 g/mol. The molecule has 2 amide bonds. The van der Waals surface area contributed by atoms with Crippen molar-refractivity contribution >= 4 is 23.2 Å².